The molecule has 8 heteroatoms. The summed E-state index contributed by atoms with van der Waals surface area (Å²) in [5.41, 5.74) is 2.69. The molecular formula is C24H25FN6O. The fourth-order valence-electron chi connectivity index (χ4n) is 4.81. The fourth-order valence-corrected chi connectivity index (χ4v) is 4.81. The molecule has 7 nitrogen and oxygen atoms in total. The third-order valence-corrected chi connectivity index (χ3v) is 6.38. The number of anilines is 1. The lowest BCUT2D eigenvalue weighted by molar-refractivity contribution is 0.0282. The Morgan fingerprint density at radius 2 is 1.88 bits per heavy atom. The van der Waals surface area contributed by atoms with Gasteiger partial charge in [-0.15, -0.1) is 0 Å². The molecule has 1 saturated carbocycles. The van der Waals surface area contributed by atoms with Crippen molar-refractivity contribution in [3.8, 4) is 11.5 Å². The Morgan fingerprint density at radius 3 is 2.59 bits per heavy atom. The average molecular weight is 433 g/mol. The largest absolute Gasteiger partial charge is 0.365 e. The molecule has 0 spiro atoms. The molecule has 3 atom stereocenters. The maximum Gasteiger partial charge on any atom is 0.256 e. The van der Waals surface area contributed by atoms with Gasteiger partial charge in [0.2, 0.25) is 0 Å². The van der Waals surface area contributed by atoms with Gasteiger partial charge in [-0.1, -0.05) is 6.07 Å². The number of nitrogens with zero attached hydrogens (tertiary/aromatic N) is 5. The van der Waals surface area contributed by atoms with Crippen LogP contribution < -0.4 is 5.32 Å². The highest BCUT2D eigenvalue weighted by Crippen LogP contribution is 2.38. The summed E-state index contributed by atoms with van der Waals surface area (Å²) in [7, 11) is 0. The van der Waals surface area contributed by atoms with Crippen LogP contribution >= 0.6 is 0 Å². The van der Waals surface area contributed by atoms with Gasteiger partial charge >= 0.3 is 0 Å². The predicted molar refractivity (Wildman–Crippen MR) is 119 cm³/mol. The first kappa shape index (κ1) is 20.5. The Labute approximate surface area is 186 Å². The zero-order chi connectivity index (χ0) is 22.2. The lowest BCUT2D eigenvalue weighted by atomic mass is 9.76. The SMILES string of the molecule is Cc1ccc(NC2CC3CCC2N(C(=O)c2ccc(C)nc2-c2ncc(F)cn2)C3)nc1. The number of amides is 1. The number of rotatable bonds is 4. The smallest absolute Gasteiger partial charge is 0.256 e. The van der Waals surface area contributed by atoms with E-state index >= 15 is 0 Å². The Balaban J connectivity index is 1.44. The Morgan fingerprint density at radius 1 is 1.06 bits per heavy atom. The summed E-state index contributed by atoms with van der Waals surface area (Å²) in [5, 5.41) is 3.55. The Hall–Kier alpha value is -3.42. The molecule has 1 N–H and O–H groups in total. The van der Waals surface area contributed by atoms with Gasteiger partial charge in [0.15, 0.2) is 11.6 Å². The number of piperidine rings is 2. The second-order valence-corrected chi connectivity index (χ2v) is 8.75. The van der Waals surface area contributed by atoms with Gasteiger partial charge in [-0.05, 0) is 62.8 Å². The minimum absolute atomic E-state index is 0.0684. The van der Waals surface area contributed by atoms with Crippen LogP contribution in [0.4, 0.5) is 10.2 Å². The summed E-state index contributed by atoms with van der Waals surface area (Å²) in [4.78, 5) is 32.8. The number of carbonyl (C=O) groups excluding carboxylic acids is 1. The standard InChI is InChI=1S/C24H25FN6O/c1-14-3-8-21(26-10-14)30-19-9-16-5-7-20(19)31(13-16)24(32)18-6-4-15(2)29-22(18)23-27-11-17(25)12-28-23/h3-4,6,8,10-12,16,19-20H,5,7,9,13H2,1-2H3,(H,26,30). The molecule has 0 radical (unpaired) electrons. The molecule has 3 unspecified atom stereocenters. The molecule has 32 heavy (non-hydrogen) atoms. The molecule has 2 aliphatic heterocycles. The van der Waals surface area contributed by atoms with Crippen molar-refractivity contribution in [3.05, 3.63) is 65.5 Å². The van der Waals surface area contributed by atoms with E-state index in [9.17, 15) is 9.18 Å². The topological polar surface area (TPSA) is 83.9 Å². The van der Waals surface area contributed by atoms with Crippen molar-refractivity contribution in [2.24, 2.45) is 5.92 Å². The van der Waals surface area contributed by atoms with Crippen LogP contribution in [-0.4, -0.2) is 49.4 Å². The van der Waals surface area contributed by atoms with Crippen LogP contribution in [0, 0.1) is 25.6 Å². The van der Waals surface area contributed by atoms with Crippen molar-refractivity contribution in [1.82, 2.24) is 24.8 Å². The molecule has 6 rings (SSSR count). The van der Waals surface area contributed by atoms with Crippen LogP contribution in [0.25, 0.3) is 11.5 Å². The van der Waals surface area contributed by atoms with E-state index in [1.165, 1.54) is 0 Å². The van der Waals surface area contributed by atoms with Crippen LogP contribution in [0.15, 0.2) is 42.9 Å². The summed E-state index contributed by atoms with van der Waals surface area (Å²) in [5.74, 6) is 0.910. The van der Waals surface area contributed by atoms with Crippen molar-refractivity contribution in [3.63, 3.8) is 0 Å². The molecule has 3 fully saturated rings. The minimum atomic E-state index is -0.527. The lowest BCUT2D eigenvalue weighted by Crippen LogP contribution is -2.59. The van der Waals surface area contributed by atoms with E-state index in [0.29, 0.717) is 17.2 Å². The van der Waals surface area contributed by atoms with Crippen molar-refractivity contribution >= 4 is 11.7 Å². The number of aromatic nitrogens is 4. The number of halogens is 1. The monoisotopic (exact) mass is 432 g/mol. The van der Waals surface area contributed by atoms with E-state index in [2.05, 4.69) is 25.3 Å². The highest BCUT2D eigenvalue weighted by Gasteiger charge is 2.43. The van der Waals surface area contributed by atoms with Crippen molar-refractivity contribution in [2.75, 3.05) is 11.9 Å². The molecule has 3 aliphatic rings. The number of pyridine rings is 2. The number of nitrogens with one attached hydrogen (secondary N) is 1. The van der Waals surface area contributed by atoms with E-state index < -0.39 is 5.82 Å². The molecule has 3 aromatic rings. The van der Waals surface area contributed by atoms with E-state index in [0.717, 1.165) is 55.3 Å². The molecule has 1 aliphatic carbocycles. The van der Waals surface area contributed by atoms with Crippen LogP contribution in [-0.2, 0) is 0 Å². The normalized spacial score (nSPS) is 22.1. The molecule has 3 aromatic heterocycles. The zero-order valence-electron chi connectivity index (χ0n) is 18.1. The number of hydrogen-bond donors (Lipinski definition) is 1. The molecule has 5 heterocycles. The predicted octanol–water partition coefficient (Wildman–Crippen LogP) is 3.79. The van der Waals surface area contributed by atoms with Gasteiger partial charge in [0.25, 0.3) is 5.91 Å². The lowest BCUT2D eigenvalue weighted by Gasteiger charge is -2.50. The van der Waals surface area contributed by atoms with Gasteiger partial charge in [0.05, 0.1) is 24.0 Å². The number of fused-ring (bicyclic) bond motifs is 3. The highest BCUT2D eigenvalue weighted by atomic mass is 19.1. The average Bonchev–Trinajstić information content (AvgIpc) is 2.81. The second kappa shape index (κ2) is 8.26. The number of aryl methyl sites for hydroxylation is 2. The van der Waals surface area contributed by atoms with Crippen LogP contribution in [0.2, 0.25) is 0 Å². The van der Waals surface area contributed by atoms with E-state index in [1.807, 2.05) is 43.1 Å². The zero-order valence-corrected chi connectivity index (χ0v) is 18.1. The maximum absolute atomic E-state index is 13.7. The summed E-state index contributed by atoms with van der Waals surface area (Å²) < 4.78 is 13.3. The van der Waals surface area contributed by atoms with Crippen LogP contribution in [0.1, 0.15) is 40.9 Å². The summed E-state index contributed by atoms with van der Waals surface area (Å²) in [6.07, 6.45) is 7.12. The quantitative estimate of drug-likeness (QED) is 0.675. The third-order valence-electron chi connectivity index (χ3n) is 6.38. The Bertz CT molecular complexity index is 1130. The first-order valence-corrected chi connectivity index (χ1v) is 10.9. The van der Waals surface area contributed by atoms with Gasteiger partial charge < -0.3 is 10.2 Å². The molecule has 1 amide bonds. The third kappa shape index (κ3) is 3.92. The van der Waals surface area contributed by atoms with E-state index in [1.54, 1.807) is 6.07 Å². The number of carbonyl (C=O) groups is 1. The molecule has 0 aromatic carbocycles. The summed E-state index contributed by atoms with van der Waals surface area (Å²) in [6, 6.07) is 7.82. The second-order valence-electron chi connectivity index (χ2n) is 8.75. The molecular weight excluding hydrogens is 407 g/mol. The van der Waals surface area contributed by atoms with Crippen molar-refractivity contribution < 1.29 is 9.18 Å². The van der Waals surface area contributed by atoms with Gasteiger partial charge in [-0.3, -0.25) is 4.79 Å². The number of hydrogen-bond acceptors (Lipinski definition) is 6. The molecule has 2 bridgehead atoms. The van der Waals surface area contributed by atoms with Crippen LogP contribution in [0.3, 0.4) is 0 Å². The van der Waals surface area contributed by atoms with Crippen LogP contribution in [0.5, 0.6) is 0 Å². The van der Waals surface area contributed by atoms with Gasteiger partial charge in [-0.2, -0.15) is 0 Å². The summed E-state index contributed by atoms with van der Waals surface area (Å²) in [6.45, 7) is 4.58. The van der Waals surface area contributed by atoms with Gasteiger partial charge in [0.1, 0.15) is 11.5 Å². The van der Waals surface area contributed by atoms with Crippen molar-refractivity contribution in [1.29, 1.82) is 0 Å². The summed E-state index contributed by atoms with van der Waals surface area (Å²) >= 11 is 0. The first-order chi connectivity index (χ1) is 15.5. The first-order valence-electron chi connectivity index (χ1n) is 10.9. The van der Waals surface area contributed by atoms with Gasteiger partial charge in [0, 0.05) is 24.5 Å². The van der Waals surface area contributed by atoms with Crippen molar-refractivity contribution in [2.45, 2.75) is 45.2 Å². The van der Waals surface area contributed by atoms with Gasteiger partial charge in [-0.25, -0.2) is 24.3 Å². The molecule has 2 saturated heterocycles. The maximum atomic E-state index is 13.7. The fraction of sp³-hybridized carbons (Fsp3) is 0.375. The molecule has 164 valence electrons. The highest BCUT2D eigenvalue weighted by molar-refractivity contribution is 5.99. The van der Waals surface area contributed by atoms with E-state index in [-0.39, 0.29) is 23.8 Å². The minimum Gasteiger partial charge on any atom is -0.365 e. The van der Waals surface area contributed by atoms with E-state index in [4.69, 9.17) is 0 Å². The Kier molecular flexibility index (Phi) is 5.28.